The van der Waals surface area contributed by atoms with Gasteiger partial charge in [-0.15, -0.1) is 0 Å². The second kappa shape index (κ2) is 12.0. The summed E-state index contributed by atoms with van der Waals surface area (Å²) in [5, 5.41) is 0. The summed E-state index contributed by atoms with van der Waals surface area (Å²) in [7, 11) is 0. The highest BCUT2D eigenvalue weighted by atomic mass is 15.1. The van der Waals surface area contributed by atoms with Crippen LogP contribution in [0.2, 0.25) is 0 Å². The van der Waals surface area contributed by atoms with E-state index >= 15 is 0 Å². The van der Waals surface area contributed by atoms with Gasteiger partial charge >= 0.3 is 0 Å². The van der Waals surface area contributed by atoms with Crippen molar-refractivity contribution in [1.29, 1.82) is 0 Å². The van der Waals surface area contributed by atoms with Crippen LogP contribution in [0.25, 0.3) is 22.3 Å². The molecule has 1 fully saturated rings. The van der Waals surface area contributed by atoms with Gasteiger partial charge in [-0.1, -0.05) is 159 Å². The fraction of sp³-hybridized carbons (Fsp3) is 0.176. The Morgan fingerprint density at radius 2 is 1.31 bits per heavy atom. The summed E-state index contributed by atoms with van der Waals surface area (Å²) in [6.45, 7) is 7.19. The van der Waals surface area contributed by atoms with Crippen molar-refractivity contribution in [2.45, 2.75) is 31.1 Å². The third-order valence-corrected chi connectivity index (χ3v) is 13.0. The topological polar surface area (TPSA) is 3.24 Å². The average molecular weight is 670 g/mol. The van der Waals surface area contributed by atoms with Gasteiger partial charge in [-0.25, -0.2) is 0 Å². The van der Waals surface area contributed by atoms with Gasteiger partial charge < -0.3 is 4.90 Å². The lowest BCUT2D eigenvalue weighted by Crippen LogP contribution is -2.39. The van der Waals surface area contributed by atoms with Crippen LogP contribution in [0.15, 0.2) is 200 Å². The standard InChI is InChI=1S/C51H43N/c1-35-33-40(28-30-42(35)38-17-7-4-8-18-38)52(39-26-24-37(25-27-39)36-15-5-3-6-16-36)41-29-31-44-43-19-9-10-20-45(43)51(48(44)34-41)47-22-12-11-21-46(47)50(2)32-14-13-23-49(50)51/h3-13,15-31,33-34,42,46-47,49H,1,14,32H2,2H3. The molecule has 6 unspecified atom stereocenters. The highest BCUT2D eigenvalue weighted by Crippen LogP contribution is 2.72. The highest BCUT2D eigenvalue weighted by molar-refractivity contribution is 5.86. The second-order valence-electron chi connectivity index (χ2n) is 15.6. The molecule has 0 radical (unpaired) electrons. The Balaban J connectivity index is 1.16. The summed E-state index contributed by atoms with van der Waals surface area (Å²) in [6.07, 6.45) is 24.0. The molecule has 0 heterocycles. The van der Waals surface area contributed by atoms with Gasteiger partial charge in [0.15, 0.2) is 0 Å². The first-order valence-corrected chi connectivity index (χ1v) is 18.9. The van der Waals surface area contributed by atoms with E-state index in [2.05, 4.69) is 200 Å². The number of rotatable bonds is 5. The van der Waals surface area contributed by atoms with E-state index in [-0.39, 0.29) is 16.7 Å². The number of anilines is 2. The van der Waals surface area contributed by atoms with E-state index in [4.69, 9.17) is 0 Å². The van der Waals surface area contributed by atoms with Crippen molar-refractivity contribution in [3.05, 3.63) is 217 Å². The second-order valence-corrected chi connectivity index (χ2v) is 15.6. The SMILES string of the molecule is C=C1C=C(N(c2ccc(-c3ccccc3)cc2)c2ccc3c(c2)C2(c4ccccc4-3)C3C=CC=CC3C3(C)CCC=CC32)C=CC1c1ccccc1. The summed E-state index contributed by atoms with van der Waals surface area (Å²) in [4.78, 5) is 2.45. The van der Waals surface area contributed by atoms with Gasteiger partial charge in [0.05, 0.1) is 0 Å². The molecule has 6 atom stereocenters. The van der Waals surface area contributed by atoms with Crippen LogP contribution in [-0.2, 0) is 5.41 Å². The van der Waals surface area contributed by atoms with Crippen molar-refractivity contribution < 1.29 is 0 Å². The Morgan fingerprint density at radius 1 is 0.635 bits per heavy atom. The molecular formula is C51H43N. The molecule has 5 aromatic rings. The molecule has 5 aliphatic carbocycles. The van der Waals surface area contributed by atoms with Crippen LogP contribution in [0, 0.1) is 23.2 Å². The van der Waals surface area contributed by atoms with Crippen LogP contribution >= 0.6 is 0 Å². The molecule has 5 aliphatic rings. The average Bonchev–Trinajstić information content (AvgIpc) is 3.62. The minimum atomic E-state index is -0.152. The zero-order valence-electron chi connectivity index (χ0n) is 29.7. The van der Waals surface area contributed by atoms with E-state index in [1.165, 1.54) is 51.1 Å². The summed E-state index contributed by atoms with van der Waals surface area (Å²) < 4.78 is 0. The predicted octanol–water partition coefficient (Wildman–Crippen LogP) is 12.9. The first-order valence-electron chi connectivity index (χ1n) is 18.9. The number of hydrogen-bond acceptors (Lipinski definition) is 1. The van der Waals surface area contributed by atoms with Gasteiger partial charge in [-0.05, 0) is 117 Å². The number of hydrogen-bond donors (Lipinski definition) is 0. The van der Waals surface area contributed by atoms with Gasteiger partial charge in [0, 0.05) is 28.4 Å². The number of nitrogens with zero attached hydrogens (tertiary/aromatic N) is 1. The van der Waals surface area contributed by atoms with Crippen molar-refractivity contribution in [2.24, 2.45) is 23.2 Å². The lowest BCUT2D eigenvalue weighted by atomic mass is 9.60. The predicted molar refractivity (Wildman–Crippen MR) is 217 cm³/mol. The largest absolute Gasteiger partial charge is 0.310 e. The monoisotopic (exact) mass is 669 g/mol. The van der Waals surface area contributed by atoms with Gasteiger partial charge in [0.2, 0.25) is 0 Å². The summed E-state index contributed by atoms with van der Waals surface area (Å²) in [5.74, 6) is 1.42. The van der Waals surface area contributed by atoms with Crippen LogP contribution < -0.4 is 4.90 Å². The minimum absolute atomic E-state index is 0.152. The molecule has 0 amide bonds. The van der Waals surface area contributed by atoms with E-state index in [1.54, 1.807) is 0 Å². The van der Waals surface area contributed by atoms with Gasteiger partial charge in [0.1, 0.15) is 0 Å². The molecule has 0 aromatic heterocycles. The van der Waals surface area contributed by atoms with Gasteiger partial charge in [-0.3, -0.25) is 0 Å². The Hall–Kier alpha value is -5.66. The van der Waals surface area contributed by atoms with Gasteiger partial charge in [0.25, 0.3) is 0 Å². The molecule has 1 saturated carbocycles. The van der Waals surface area contributed by atoms with Crippen LogP contribution in [0.1, 0.15) is 42.4 Å². The smallest absolute Gasteiger partial charge is 0.0465 e. The number of benzene rings is 5. The normalized spacial score (nSPS) is 27.6. The lowest BCUT2D eigenvalue weighted by molar-refractivity contribution is 0.175. The maximum atomic E-state index is 4.61. The first-order chi connectivity index (χ1) is 25.6. The zero-order chi connectivity index (χ0) is 34.9. The van der Waals surface area contributed by atoms with E-state index < -0.39 is 0 Å². The molecule has 0 bridgehead atoms. The van der Waals surface area contributed by atoms with Crippen molar-refractivity contribution >= 4 is 11.4 Å². The molecule has 5 aromatic carbocycles. The highest BCUT2D eigenvalue weighted by Gasteiger charge is 2.67. The first kappa shape index (κ1) is 31.1. The molecule has 0 aliphatic heterocycles. The zero-order valence-corrected chi connectivity index (χ0v) is 29.7. The van der Waals surface area contributed by atoms with Crippen LogP contribution in [0.3, 0.4) is 0 Å². The molecule has 1 nitrogen and oxygen atoms in total. The Labute approximate surface area is 308 Å². The van der Waals surface area contributed by atoms with E-state index in [0.717, 1.165) is 23.4 Å². The number of allylic oxidation sites excluding steroid dienone is 10. The molecule has 0 N–H and O–H groups in total. The Kier molecular flexibility index (Phi) is 7.15. The van der Waals surface area contributed by atoms with Crippen molar-refractivity contribution in [3.8, 4) is 22.3 Å². The Morgan fingerprint density at radius 3 is 2.10 bits per heavy atom. The van der Waals surface area contributed by atoms with E-state index in [0.29, 0.717) is 17.8 Å². The fourth-order valence-corrected chi connectivity index (χ4v) is 10.7. The molecule has 52 heavy (non-hydrogen) atoms. The maximum absolute atomic E-state index is 4.61. The number of fused-ring (bicyclic) bond motifs is 10. The van der Waals surface area contributed by atoms with E-state index in [9.17, 15) is 0 Å². The molecule has 0 saturated heterocycles. The molecule has 252 valence electrons. The summed E-state index contributed by atoms with van der Waals surface area (Å²) >= 11 is 0. The third kappa shape index (κ3) is 4.48. The molecule has 1 heteroatoms. The van der Waals surface area contributed by atoms with Crippen LogP contribution in [0.5, 0.6) is 0 Å². The van der Waals surface area contributed by atoms with E-state index in [1.807, 2.05) is 0 Å². The van der Waals surface area contributed by atoms with Crippen molar-refractivity contribution in [2.75, 3.05) is 4.90 Å². The molecule has 1 spiro atoms. The maximum Gasteiger partial charge on any atom is 0.0465 e. The van der Waals surface area contributed by atoms with Crippen molar-refractivity contribution in [3.63, 3.8) is 0 Å². The summed E-state index contributed by atoms with van der Waals surface area (Å²) in [5.41, 5.74) is 14.0. The molecule has 10 rings (SSSR count). The lowest BCUT2D eigenvalue weighted by Gasteiger charge is -2.43. The van der Waals surface area contributed by atoms with Gasteiger partial charge in [-0.2, -0.15) is 0 Å². The fourth-order valence-electron chi connectivity index (χ4n) is 10.7. The quantitative estimate of drug-likeness (QED) is 0.168. The van der Waals surface area contributed by atoms with Crippen molar-refractivity contribution in [1.82, 2.24) is 0 Å². The summed E-state index contributed by atoms with van der Waals surface area (Å²) in [6, 6.07) is 47.1. The molecular weight excluding hydrogens is 627 g/mol. The third-order valence-electron chi connectivity index (χ3n) is 13.0. The van der Waals surface area contributed by atoms with Crippen LogP contribution in [0.4, 0.5) is 11.4 Å². The minimum Gasteiger partial charge on any atom is -0.310 e. The Bertz CT molecular complexity index is 2350. The van der Waals surface area contributed by atoms with Crippen LogP contribution in [-0.4, -0.2) is 0 Å².